The average molecular weight is 301 g/mol. The maximum atomic E-state index is 12.3. The largest absolute Gasteiger partial charge is 0.508 e. The van der Waals surface area contributed by atoms with Crippen LogP contribution in [0.15, 0.2) is 35.5 Å². The number of phenols is 1. The molecule has 8 nitrogen and oxygen atoms in total. The van der Waals surface area contributed by atoms with E-state index in [1.54, 1.807) is 24.3 Å². The monoisotopic (exact) mass is 301 g/mol. The molecule has 8 heteroatoms. The number of benzene rings is 1. The van der Waals surface area contributed by atoms with Gasteiger partial charge in [-0.25, -0.2) is 4.79 Å². The minimum atomic E-state index is -0.555. The summed E-state index contributed by atoms with van der Waals surface area (Å²) in [6.45, 7) is 1.92. The highest BCUT2D eigenvalue weighted by molar-refractivity contribution is 5.92. The van der Waals surface area contributed by atoms with E-state index >= 15 is 0 Å². The van der Waals surface area contributed by atoms with Gasteiger partial charge in [0.05, 0.1) is 12.7 Å². The number of rotatable bonds is 3. The van der Waals surface area contributed by atoms with Gasteiger partial charge in [0.15, 0.2) is 0 Å². The van der Waals surface area contributed by atoms with Crippen molar-refractivity contribution in [1.29, 1.82) is 0 Å². The van der Waals surface area contributed by atoms with Crippen molar-refractivity contribution in [3.05, 3.63) is 41.1 Å². The van der Waals surface area contributed by atoms with E-state index in [-0.39, 0.29) is 5.75 Å². The van der Waals surface area contributed by atoms with Crippen LogP contribution >= 0.6 is 0 Å². The zero-order valence-corrected chi connectivity index (χ0v) is 12.1. The van der Waals surface area contributed by atoms with Crippen LogP contribution in [-0.2, 0) is 9.53 Å². The summed E-state index contributed by atoms with van der Waals surface area (Å²) in [5.74, 6) is 0.0876. The van der Waals surface area contributed by atoms with E-state index in [4.69, 9.17) is 4.74 Å². The Bertz CT molecular complexity index is 752. The lowest BCUT2D eigenvalue weighted by Gasteiger charge is -2.28. The van der Waals surface area contributed by atoms with Crippen LogP contribution in [0.3, 0.4) is 0 Å². The number of nitrogens with one attached hydrogen (secondary N) is 1. The predicted molar refractivity (Wildman–Crippen MR) is 77.0 cm³/mol. The molecule has 0 amide bonds. The molecule has 0 spiro atoms. The summed E-state index contributed by atoms with van der Waals surface area (Å²) in [6.07, 6.45) is 0.590. The zero-order chi connectivity index (χ0) is 15.7. The van der Waals surface area contributed by atoms with E-state index in [0.29, 0.717) is 29.2 Å². The smallest absolute Gasteiger partial charge is 0.338 e. The van der Waals surface area contributed by atoms with E-state index in [9.17, 15) is 9.90 Å². The molecule has 1 aromatic carbocycles. The zero-order valence-electron chi connectivity index (χ0n) is 12.1. The molecule has 22 heavy (non-hydrogen) atoms. The fraction of sp³-hybridized carbons (Fsp3) is 0.286. The first kappa shape index (κ1) is 14.1. The van der Waals surface area contributed by atoms with Gasteiger partial charge in [-0.1, -0.05) is 24.2 Å². The van der Waals surface area contributed by atoms with Crippen LogP contribution in [0.1, 0.15) is 24.9 Å². The number of anilines is 1. The van der Waals surface area contributed by atoms with Crippen molar-refractivity contribution in [1.82, 2.24) is 20.2 Å². The molecule has 0 bridgehead atoms. The lowest BCUT2D eigenvalue weighted by molar-refractivity contribution is -0.136. The first-order valence-corrected chi connectivity index (χ1v) is 6.80. The molecule has 1 aromatic heterocycles. The van der Waals surface area contributed by atoms with E-state index in [2.05, 4.69) is 20.8 Å². The Kier molecular flexibility index (Phi) is 3.50. The molecule has 2 heterocycles. The summed E-state index contributed by atoms with van der Waals surface area (Å²) in [5, 5.41) is 24.3. The van der Waals surface area contributed by atoms with Crippen molar-refractivity contribution in [2.45, 2.75) is 19.4 Å². The summed E-state index contributed by atoms with van der Waals surface area (Å²) in [6, 6.07) is 6.10. The first-order chi connectivity index (χ1) is 10.7. The molecular formula is C14H15N5O3. The normalized spacial score (nSPS) is 16.9. The minimum absolute atomic E-state index is 0.105. The number of carbonyl (C=O) groups excluding carboxylic acids is 1. The number of allylic oxidation sites excluding steroid dienone is 1. The molecule has 0 fully saturated rings. The minimum Gasteiger partial charge on any atom is -0.508 e. The maximum Gasteiger partial charge on any atom is 0.338 e. The molecule has 1 atom stereocenters. The van der Waals surface area contributed by atoms with Crippen LogP contribution in [-0.4, -0.2) is 38.4 Å². The third kappa shape index (κ3) is 2.18. The van der Waals surface area contributed by atoms with E-state index in [1.807, 2.05) is 6.92 Å². The van der Waals surface area contributed by atoms with Crippen molar-refractivity contribution < 1.29 is 14.6 Å². The molecule has 3 rings (SSSR count). The summed E-state index contributed by atoms with van der Waals surface area (Å²) >= 11 is 0. The van der Waals surface area contributed by atoms with E-state index in [0.717, 1.165) is 0 Å². The topological polar surface area (TPSA) is 102 Å². The summed E-state index contributed by atoms with van der Waals surface area (Å²) < 4.78 is 6.41. The third-order valence-electron chi connectivity index (χ3n) is 3.54. The molecule has 0 saturated heterocycles. The number of hydrogen-bond acceptors (Lipinski definition) is 7. The molecule has 2 aromatic rings. The highest BCUT2D eigenvalue weighted by atomic mass is 16.5. The predicted octanol–water partition coefficient (Wildman–Crippen LogP) is 1.23. The number of tetrazole rings is 1. The Morgan fingerprint density at radius 2 is 2.32 bits per heavy atom. The SMILES string of the molecule is CCC1=C(C(=O)OC)[C@H](c2cccc(O)c2)n2nnnc2N1. The number of aromatic nitrogens is 4. The number of hydrogen-bond donors (Lipinski definition) is 2. The summed E-state index contributed by atoms with van der Waals surface area (Å²) in [5.41, 5.74) is 1.82. The van der Waals surface area contributed by atoms with Gasteiger partial charge in [-0.05, 0) is 34.5 Å². The van der Waals surface area contributed by atoms with Gasteiger partial charge in [0.25, 0.3) is 0 Å². The van der Waals surface area contributed by atoms with Crippen molar-refractivity contribution in [2.75, 3.05) is 12.4 Å². The van der Waals surface area contributed by atoms with Gasteiger partial charge in [0, 0.05) is 5.70 Å². The number of nitrogens with zero attached hydrogens (tertiary/aromatic N) is 4. The third-order valence-corrected chi connectivity index (χ3v) is 3.54. The number of phenolic OH excluding ortho intramolecular Hbond substituents is 1. The van der Waals surface area contributed by atoms with E-state index < -0.39 is 12.0 Å². The van der Waals surface area contributed by atoms with Crippen LogP contribution in [0.5, 0.6) is 5.75 Å². The lowest BCUT2D eigenvalue weighted by Crippen LogP contribution is -2.30. The number of ether oxygens (including phenoxy) is 1. The van der Waals surface area contributed by atoms with Crippen molar-refractivity contribution in [3.8, 4) is 5.75 Å². The van der Waals surface area contributed by atoms with Gasteiger partial charge in [-0.3, -0.25) is 0 Å². The number of esters is 1. The van der Waals surface area contributed by atoms with Gasteiger partial charge in [0.1, 0.15) is 11.8 Å². The molecule has 0 radical (unpaired) electrons. The standard InChI is InChI=1S/C14H15N5O3/c1-3-10-11(13(21)22-2)12(8-5-4-6-9(20)7-8)19-14(15-10)16-17-18-19/h4-7,12,20H,3H2,1-2H3,(H,15,16,18)/t12-/m0/s1. The number of carbonyl (C=O) groups is 1. The Morgan fingerprint density at radius 3 is 3.00 bits per heavy atom. The maximum absolute atomic E-state index is 12.3. The van der Waals surface area contributed by atoms with Crippen molar-refractivity contribution in [2.24, 2.45) is 0 Å². The molecule has 0 saturated carbocycles. The van der Waals surface area contributed by atoms with Crippen LogP contribution in [0, 0.1) is 0 Å². The van der Waals surface area contributed by atoms with Gasteiger partial charge in [-0.15, -0.1) is 0 Å². The highest BCUT2D eigenvalue weighted by Gasteiger charge is 2.35. The Hall–Kier alpha value is -2.90. The lowest BCUT2D eigenvalue weighted by atomic mass is 9.94. The quantitative estimate of drug-likeness (QED) is 0.822. The van der Waals surface area contributed by atoms with Crippen LogP contribution in [0.25, 0.3) is 0 Å². The fourth-order valence-electron chi connectivity index (χ4n) is 2.57. The number of fused-ring (bicyclic) bond motifs is 1. The van der Waals surface area contributed by atoms with Crippen molar-refractivity contribution in [3.63, 3.8) is 0 Å². The molecule has 1 aliphatic rings. The van der Waals surface area contributed by atoms with Crippen LogP contribution in [0.4, 0.5) is 5.95 Å². The number of methoxy groups -OCH3 is 1. The first-order valence-electron chi connectivity index (χ1n) is 6.80. The molecule has 114 valence electrons. The van der Waals surface area contributed by atoms with Gasteiger partial charge in [-0.2, -0.15) is 4.68 Å². The Labute approximate surface area is 126 Å². The van der Waals surface area contributed by atoms with Gasteiger partial charge >= 0.3 is 5.97 Å². The molecule has 2 N–H and O–H groups in total. The average Bonchev–Trinajstić information content (AvgIpc) is 3.00. The number of aromatic hydroxyl groups is 1. The Balaban J connectivity index is 2.22. The second-order valence-electron chi connectivity index (χ2n) is 4.81. The fourth-order valence-corrected chi connectivity index (χ4v) is 2.57. The summed E-state index contributed by atoms with van der Waals surface area (Å²) in [7, 11) is 1.33. The van der Waals surface area contributed by atoms with Gasteiger partial charge in [0.2, 0.25) is 5.95 Å². The molecule has 1 aliphatic heterocycles. The van der Waals surface area contributed by atoms with E-state index in [1.165, 1.54) is 11.8 Å². The van der Waals surface area contributed by atoms with Crippen molar-refractivity contribution >= 4 is 11.9 Å². The molecule has 0 unspecified atom stereocenters. The van der Waals surface area contributed by atoms with Gasteiger partial charge < -0.3 is 15.2 Å². The second kappa shape index (κ2) is 5.47. The summed E-state index contributed by atoms with van der Waals surface area (Å²) in [4.78, 5) is 12.3. The molecule has 0 aliphatic carbocycles. The Morgan fingerprint density at radius 1 is 1.50 bits per heavy atom. The van der Waals surface area contributed by atoms with Crippen LogP contribution in [0.2, 0.25) is 0 Å². The highest BCUT2D eigenvalue weighted by Crippen LogP contribution is 2.36. The van der Waals surface area contributed by atoms with Crippen LogP contribution < -0.4 is 5.32 Å². The second-order valence-corrected chi connectivity index (χ2v) is 4.81. The molecular weight excluding hydrogens is 286 g/mol.